The predicted octanol–water partition coefficient (Wildman–Crippen LogP) is 2.59. The largest absolute Gasteiger partial charge is 0.336 e. The van der Waals surface area contributed by atoms with Crippen molar-refractivity contribution in [1.82, 2.24) is 24.1 Å². The second-order valence-electron chi connectivity index (χ2n) is 7.26. The van der Waals surface area contributed by atoms with Crippen LogP contribution in [0.1, 0.15) is 56.5 Å². The summed E-state index contributed by atoms with van der Waals surface area (Å²) in [5, 5.41) is 0. The van der Waals surface area contributed by atoms with E-state index in [1.54, 1.807) is 10.8 Å². The van der Waals surface area contributed by atoms with Gasteiger partial charge in [-0.3, -0.25) is 18.9 Å². The average molecular weight is 367 g/mol. The summed E-state index contributed by atoms with van der Waals surface area (Å²) in [4.78, 5) is 38.1. The quantitative estimate of drug-likeness (QED) is 0.726. The van der Waals surface area contributed by atoms with Gasteiger partial charge in [0.05, 0.1) is 0 Å². The second-order valence-corrected chi connectivity index (χ2v) is 7.26. The Labute approximate surface area is 157 Å². The van der Waals surface area contributed by atoms with Gasteiger partial charge in [-0.15, -0.1) is 0 Å². The maximum atomic E-state index is 13.0. The molecule has 1 aliphatic rings. The Balaban J connectivity index is 1.81. The van der Waals surface area contributed by atoms with E-state index in [-0.39, 0.29) is 11.2 Å². The minimum absolute atomic E-state index is 0.261. The summed E-state index contributed by atoms with van der Waals surface area (Å²) >= 11 is 0. The first-order valence-corrected chi connectivity index (χ1v) is 9.82. The topological polar surface area (TPSA) is 85.6 Å². The number of aromatic nitrogens is 5. The van der Waals surface area contributed by atoms with Crippen LogP contribution in [0, 0.1) is 0 Å². The highest BCUT2D eigenvalue weighted by Gasteiger charge is 2.23. The molecule has 4 rings (SSSR count). The van der Waals surface area contributed by atoms with Gasteiger partial charge in [0.25, 0.3) is 5.56 Å². The summed E-state index contributed by atoms with van der Waals surface area (Å²) in [6.45, 7) is 2.82. The van der Waals surface area contributed by atoms with Gasteiger partial charge in [-0.1, -0.05) is 25.8 Å². The smallest absolute Gasteiger partial charge is 0.332 e. The van der Waals surface area contributed by atoms with Crippen molar-refractivity contribution in [3.8, 4) is 0 Å². The fourth-order valence-electron chi connectivity index (χ4n) is 3.97. The number of aromatic amines is 1. The number of nitrogens with zero attached hydrogens (tertiary/aromatic N) is 4. The third-order valence-electron chi connectivity index (χ3n) is 5.39. The lowest BCUT2D eigenvalue weighted by Gasteiger charge is -2.10. The molecule has 3 heterocycles. The molecule has 7 nitrogen and oxygen atoms in total. The molecule has 0 aromatic carbocycles. The van der Waals surface area contributed by atoms with Crippen LogP contribution in [0.25, 0.3) is 11.2 Å². The van der Waals surface area contributed by atoms with E-state index in [1.807, 2.05) is 25.1 Å². The fraction of sp³-hybridized carbons (Fsp3) is 0.500. The molecule has 1 saturated carbocycles. The van der Waals surface area contributed by atoms with Gasteiger partial charge in [-0.25, -0.2) is 9.78 Å². The van der Waals surface area contributed by atoms with Gasteiger partial charge >= 0.3 is 5.69 Å². The zero-order chi connectivity index (χ0) is 18.8. The van der Waals surface area contributed by atoms with E-state index in [9.17, 15) is 9.59 Å². The van der Waals surface area contributed by atoms with Crippen molar-refractivity contribution in [2.75, 3.05) is 0 Å². The molecule has 7 heteroatoms. The van der Waals surface area contributed by atoms with E-state index in [2.05, 4.69) is 9.97 Å². The van der Waals surface area contributed by atoms with Gasteiger partial charge in [-0.2, -0.15) is 0 Å². The van der Waals surface area contributed by atoms with Crippen molar-refractivity contribution < 1.29 is 0 Å². The molecule has 1 N–H and O–H groups in total. The van der Waals surface area contributed by atoms with Crippen molar-refractivity contribution >= 4 is 11.2 Å². The van der Waals surface area contributed by atoms with Crippen LogP contribution < -0.4 is 11.2 Å². The van der Waals surface area contributed by atoms with E-state index in [4.69, 9.17) is 4.98 Å². The number of pyridine rings is 1. The maximum absolute atomic E-state index is 13.0. The number of H-pyrrole nitrogens is 1. The Kier molecular flexibility index (Phi) is 4.92. The molecule has 0 amide bonds. The maximum Gasteiger partial charge on any atom is 0.332 e. The highest BCUT2D eigenvalue weighted by atomic mass is 16.2. The number of rotatable bonds is 6. The van der Waals surface area contributed by atoms with Crippen molar-refractivity contribution in [2.24, 2.45) is 0 Å². The Morgan fingerprint density at radius 1 is 1.15 bits per heavy atom. The molecule has 1 fully saturated rings. The third kappa shape index (κ3) is 3.34. The second kappa shape index (κ2) is 7.50. The van der Waals surface area contributed by atoms with Gasteiger partial charge < -0.3 is 4.98 Å². The number of fused-ring (bicyclic) bond motifs is 1. The number of imidazole rings is 1. The van der Waals surface area contributed by atoms with E-state index in [0.29, 0.717) is 36.6 Å². The number of hydrogen-bond acceptors (Lipinski definition) is 4. The Morgan fingerprint density at radius 3 is 2.67 bits per heavy atom. The molecule has 0 radical (unpaired) electrons. The molecule has 0 atom stereocenters. The minimum Gasteiger partial charge on any atom is -0.336 e. The minimum atomic E-state index is -0.283. The van der Waals surface area contributed by atoms with Crippen molar-refractivity contribution in [1.29, 1.82) is 0 Å². The van der Waals surface area contributed by atoms with Crippen LogP contribution in [0.4, 0.5) is 0 Å². The lowest BCUT2D eigenvalue weighted by molar-refractivity contribution is 0.557. The Bertz CT molecular complexity index is 1040. The summed E-state index contributed by atoms with van der Waals surface area (Å²) in [5.41, 5.74) is 1.30. The zero-order valence-electron chi connectivity index (χ0n) is 15.6. The molecule has 3 aromatic heterocycles. The number of hydrogen-bond donors (Lipinski definition) is 1. The standard InChI is InChI=1S/C20H25N5O2/c1-2-12-25-19(26)16-18(23-17(22-16)14-7-3-4-8-14)24(20(25)27)13-10-15-9-5-6-11-21-15/h5-6,9,11,14H,2-4,7-8,10,12-13H2,1H3,(H,22,23). The summed E-state index contributed by atoms with van der Waals surface area (Å²) < 4.78 is 2.97. The van der Waals surface area contributed by atoms with Crippen LogP contribution in [-0.4, -0.2) is 24.1 Å². The summed E-state index contributed by atoms with van der Waals surface area (Å²) in [6, 6.07) is 5.75. The van der Waals surface area contributed by atoms with Gasteiger partial charge in [0.2, 0.25) is 0 Å². The molecular formula is C20H25N5O2. The van der Waals surface area contributed by atoms with Crippen LogP contribution in [0.5, 0.6) is 0 Å². The van der Waals surface area contributed by atoms with Crippen LogP contribution in [0.3, 0.4) is 0 Å². The molecule has 0 spiro atoms. The van der Waals surface area contributed by atoms with Crippen LogP contribution >= 0.6 is 0 Å². The summed E-state index contributed by atoms with van der Waals surface area (Å²) in [7, 11) is 0. The van der Waals surface area contributed by atoms with Gasteiger partial charge in [0.15, 0.2) is 5.65 Å². The van der Waals surface area contributed by atoms with Crippen LogP contribution in [-0.2, 0) is 19.5 Å². The first kappa shape index (κ1) is 17.7. The molecule has 3 aromatic rings. The monoisotopic (exact) mass is 367 g/mol. The number of aryl methyl sites for hydroxylation is 2. The molecule has 0 unspecified atom stereocenters. The molecule has 0 aliphatic heterocycles. The van der Waals surface area contributed by atoms with E-state index < -0.39 is 0 Å². The summed E-state index contributed by atoms with van der Waals surface area (Å²) in [6.07, 6.45) is 7.64. The predicted molar refractivity (Wildman–Crippen MR) is 104 cm³/mol. The van der Waals surface area contributed by atoms with Gasteiger partial charge in [-0.05, 0) is 31.4 Å². The first-order chi connectivity index (χ1) is 13.2. The molecule has 0 bridgehead atoms. The lowest BCUT2D eigenvalue weighted by Crippen LogP contribution is -2.40. The Morgan fingerprint density at radius 2 is 1.96 bits per heavy atom. The van der Waals surface area contributed by atoms with E-state index >= 15 is 0 Å². The van der Waals surface area contributed by atoms with Gasteiger partial charge in [0, 0.05) is 37.3 Å². The SMILES string of the molecule is CCCn1c(=O)c2[nH]c(C3CCCC3)nc2n(CCc2ccccn2)c1=O. The third-order valence-corrected chi connectivity index (χ3v) is 5.39. The van der Waals surface area contributed by atoms with Crippen LogP contribution in [0.15, 0.2) is 34.0 Å². The Hall–Kier alpha value is -2.70. The molecule has 27 heavy (non-hydrogen) atoms. The molecular weight excluding hydrogens is 342 g/mol. The highest BCUT2D eigenvalue weighted by molar-refractivity contribution is 5.70. The van der Waals surface area contributed by atoms with Crippen LogP contribution in [0.2, 0.25) is 0 Å². The lowest BCUT2D eigenvalue weighted by atomic mass is 10.1. The first-order valence-electron chi connectivity index (χ1n) is 9.82. The highest BCUT2D eigenvalue weighted by Crippen LogP contribution is 2.32. The fourth-order valence-corrected chi connectivity index (χ4v) is 3.97. The summed E-state index contributed by atoms with van der Waals surface area (Å²) in [5.74, 6) is 1.20. The molecule has 0 saturated heterocycles. The zero-order valence-corrected chi connectivity index (χ0v) is 15.6. The molecule has 1 aliphatic carbocycles. The van der Waals surface area contributed by atoms with Crippen molar-refractivity contribution in [3.05, 3.63) is 56.8 Å². The van der Waals surface area contributed by atoms with Gasteiger partial charge in [0.1, 0.15) is 11.3 Å². The van der Waals surface area contributed by atoms with E-state index in [0.717, 1.165) is 30.8 Å². The normalized spacial score (nSPS) is 15.0. The number of nitrogens with one attached hydrogen (secondary N) is 1. The average Bonchev–Trinajstić information content (AvgIpc) is 3.36. The molecule has 142 valence electrons. The van der Waals surface area contributed by atoms with Crippen molar-refractivity contribution in [3.63, 3.8) is 0 Å². The van der Waals surface area contributed by atoms with Crippen molar-refractivity contribution in [2.45, 2.75) is 64.5 Å². The van der Waals surface area contributed by atoms with E-state index in [1.165, 1.54) is 17.4 Å².